The number of benzene rings is 1. The molecule has 168 valence electrons. The van der Waals surface area contributed by atoms with Crippen molar-refractivity contribution in [3.05, 3.63) is 59.4 Å². The van der Waals surface area contributed by atoms with Gasteiger partial charge in [-0.25, -0.2) is 0 Å². The number of unbranched alkanes of at least 4 members (excludes halogenated alkanes) is 2. The number of aromatic nitrogens is 1. The van der Waals surface area contributed by atoms with Crippen molar-refractivity contribution in [3.63, 3.8) is 0 Å². The molecule has 2 aliphatic rings. The Kier molecular flexibility index (Phi) is 7.01. The summed E-state index contributed by atoms with van der Waals surface area (Å²) in [4.78, 5) is 4.08. The third-order valence-electron chi connectivity index (χ3n) is 7.92. The van der Waals surface area contributed by atoms with Crippen molar-refractivity contribution >= 4 is 0 Å². The molecule has 2 aliphatic carbocycles. The van der Waals surface area contributed by atoms with Crippen LogP contribution in [0.1, 0.15) is 94.7 Å². The molecule has 2 aromatic rings. The van der Waals surface area contributed by atoms with Gasteiger partial charge in [0.2, 0.25) is 0 Å². The van der Waals surface area contributed by atoms with Crippen LogP contribution in [0.3, 0.4) is 0 Å². The zero-order chi connectivity index (χ0) is 21.7. The lowest BCUT2D eigenvalue weighted by atomic mass is 9.52. The number of ether oxygens (including phenoxy) is 1. The molecule has 1 aromatic carbocycles. The lowest BCUT2D eigenvalue weighted by Gasteiger charge is -2.53. The summed E-state index contributed by atoms with van der Waals surface area (Å²) in [5.41, 5.74) is 3.97. The van der Waals surface area contributed by atoms with E-state index < -0.39 is 5.60 Å². The average Bonchev–Trinajstić information content (AvgIpc) is 2.79. The van der Waals surface area contributed by atoms with E-state index in [2.05, 4.69) is 37.0 Å². The summed E-state index contributed by atoms with van der Waals surface area (Å²) < 4.78 is 6.12. The zero-order valence-electron chi connectivity index (χ0n) is 19.4. The Labute approximate surface area is 188 Å². The molecular weight excluding hydrogens is 382 g/mol. The summed E-state index contributed by atoms with van der Waals surface area (Å²) in [6.07, 6.45) is 16.1. The minimum Gasteiger partial charge on any atom is -0.489 e. The molecule has 31 heavy (non-hydrogen) atoms. The molecule has 0 bridgehead atoms. The van der Waals surface area contributed by atoms with E-state index >= 15 is 0 Å². The highest BCUT2D eigenvalue weighted by Gasteiger charge is 2.50. The average molecular weight is 422 g/mol. The first-order valence-electron chi connectivity index (χ1n) is 12.5. The maximum Gasteiger partial charge on any atom is 0.120 e. The number of aliphatic hydroxyl groups is 1. The van der Waals surface area contributed by atoms with Gasteiger partial charge in [0.05, 0.1) is 5.60 Å². The van der Waals surface area contributed by atoms with Crippen molar-refractivity contribution in [2.45, 2.75) is 102 Å². The third kappa shape index (κ3) is 4.82. The second-order valence-electron chi connectivity index (χ2n) is 9.99. The van der Waals surface area contributed by atoms with E-state index in [9.17, 15) is 5.11 Å². The van der Waals surface area contributed by atoms with Crippen LogP contribution in [0.4, 0.5) is 0 Å². The maximum atomic E-state index is 11.2. The van der Waals surface area contributed by atoms with Gasteiger partial charge in [0.25, 0.3) is 0 Å². The Morgan fingerprint density at radius 2 is 1.87 bits per heavy atom. The van der Waals surface area contributed by atoms with E-state index in [1.165, 1.54) is 37.7 Å². The summed E-state index contributed by atoms with van der Waals surface area (Å²) in [7, 11) is 0. The van der Waals surface area contributed by atoms with Crippen LogP contribution in [0.15, 0.2) is 42.7 Å². The fourth-order valence-corrected chi connectivity index (χ4v) is 6.32. The quantitative estimate of drug-likeness (QED) is 0.455. The van der Waals surface area contributed by atoms with Crippen LogP contribution in [0.2, 0.25) is 0 Å². The van der Waals surface area contributed by atoms with Gasteiger partial charge in [-0.1, -0.05) is 45.6 Å². The number of fused-ring (bicyclic) bond motifs is 3. The molecule has 0 aliphatic heterocycles. The fraction of sp³-hybridized carbons (Fsp3) is 0.607. The van der Waals surface area contributed by atoms with Crippen LogP contribution in [-0.2, 0) is 18.4 Å². The van der Waals surface area contributed by atoms with Gasteiger partial charge in [-0.3, -0.25) is 4.98 Å². The first kappa shape index (κ1) is 22.3. The Morgan fingerprint density at radius 1 is 1.03 bits per heavy atom. The Balaban J connectivity index is 1.57. The number of hydrogen-bond donors (Lipinski definition) is 1. The first-order valence-corrected chi connectivity index (χ1v) is 12.5. The van der Waals surface area contributed by atoms with Gasteiger partial charge in [-0.2, -0.15) is 0 Å². The minimum atomic E-state index is -0.446. The van der Waals surface area contributed by atoms with Gasteiger partial charge in [-0.15, -0.1) is 0 Å². The van der Waals surface area contributed by atoms with Crippen LogP contribution in [0.25, 0.3) is 0 Å². The number of aryl methyl sites for hydroxylation is 1. The highest BCUT2D eigenvalue weighted by Crippen LogP contribution is 2.56. The predicted molar refractivity (Wildman–Crippen MR) is 126 cm³/mol. The van der Waals surface area contributed by atoms with Crippen LogP contribution >= 0.6 is 0 Å². The molecule has 1 fully saturated rings. The van der Waals surface area contributed by atoms with E-state index in [1.54, 1.807) is 5.56 Å². The molecule has 0 radical (unpaired) electrons. The molecule has 3 atom stereocenters. The van der Waals surface area contributed by atoms with Crippen LogP contribution < -0.4 is 4.74 Å². The van der Waals surface area contributed by atoms with Crippen molar-refractivity contribution in [2.75, 3.05) is 0 Å². The van der Waals surface area contributed by atoms with Gasteiger partial charge in [0.15, 0.2) is 0 Å². The maximum absolute atomic E-state index is 11.2. The minimum absolute atomic E-state index is 0.242. The van der Waals surface area contributed by atoms with E-state index in [-0.39, 0.29) is 5.41 Å². The monoisotopic (exact) mass is 421 g/mol. The standard InChI is InChI=1S/C28H39NO2/c1-3-5-6-14-28-16-15-27(30,13-4-2)20-24(28)8-7-23-19-25(9-10-26(23)28)31-21-22-11-17-29-18-12-22/h9-12,17-19,24,30H,3-8,13-16,20-21H2,1-2H3/t24-,27-,28-/m1/s1. The van der Waals surface area contributed by atoms with Crippen molar-refractivity contribution in [3.8, 4) is 5.75 Å². The van der Waals surface area contributed by atoms with Gasteiger partial charge < -0.3 is 9.84 Å². The summed E-state index contributed by atoms with van der Waals surface area (Å²) in [6.45, 7) is 5.07. The largest absolute Gasteiger partial charge is 0.489 e. The van der Waals surface area contributed by atoms with E-state index in [0.29, 0.717) is 12.5 Å². The third-order valence-corrected chi connectivity index (χ3v) is 7.92. The normalized spacial score (nSPS) is 27.4. The summed E-state index contributed by atoms with van der Waals surface area (Å²) in [6, 6.07) is 10.8. The Morgan fingerprint density at radius 3 is 2.65 bits per heavy atom. The number of hydrogen-bond acceptors (Lipinski definition) is 3. The molecule has 0 amide bonds. The molecule has 3 nitrogen and oxygen atoms in total. The topological polar surface area (TPSA) is 42.4 Å². The second kappa shape index (κ2) is 9.73. The predicted octanol–water partition coefficient (Wildman–Crippen LogP) is 6.76. The molecule has 1 saturated carbocycles. The van der Waals surface area contributed by atoms with Gasteiger partial charge in [0.1, 0.15) is 12.4 Å². The molecule has 0 saturated heterocycles. The van der Waals surface area contributed by atoms with E-state index in [1.807, 2.05) is 24.5 Å². The van der Waals surface area contributed by atoms with Gasteiger partial charge >= 0.3 is 0 Å². The van der Waals surface area contributed by atoms with Crippen LogP contribution in [0, 0.1) is 5.92 Å². The van der Waals surface area contributed by atoms with Crippen molar-refractivity contribution in [1.29, 1.82) is 0 Å². The van der Waals surface area contributed by atoms with Crippen LogP contribution in [-0.4, -0.2) is 15.7 Å². The molecule has 3 heteroatoms. The van der Waals surface area contributed by atoms with Gasteiger partial charge in [0, 0.05) is 12.4 Å². The highest BCUT2D eigenvalue weighted by molar-refractivity contribution is 5.43. The summed E-state index contributed by atoms with van der Waals surface area (Å²) >= 11 is 0. The Hall–Kier alpha value is -1.87. The summed E-state index contributed by atoms with van der Waals surface area (Å²) in [5.74, 6) is 1.57. The Bertz CT molecular complexity index is 851. The number of pyridine rings is 1. The molecule has 4 rings (SSSR count). The molecular formula is C28H39NO2. The zero-order valence-corrected chi connectivity index (χ0v) is 19.4. The molecule has 1 aromatic heterocycles. The first-order chi connectivity index (χ1) is 15.1. The number of nitrogens with zero attached hydrogens (tertiary/aromatic N) is 1. The number of rotatable bonds is 9. The van der Waals surface area contributed by atoms with Crippen molar-refractivity contribution in [1.82, 2.24) is 4.98 Å². The van der Waals surface area contributed by atoms with Gasteiger partial charge in [-0.05, 0) is 97.2 Å². The molecule has 1 heterocycles. The van der Waals surface area contributed by atoms with E-state index in [4.69, 9.17) is 4.74 Å². The fourth-order valence-electron chi connectivity index (χ4n) is 6.32. The molecule has 0 unspecified atom stereocenters. The van der Waals surface area contributed by atoms with E-state index in [0.717, 1.165) is 49.8 Å². The lowest BCUT2D eigenvalue weighted by molar-refractivity contribution is -0.0588. The van der Waals surface area contributed by atoms with Crippen molar-refractivity contribution < 1.29 is 9.84 Å². The highest BCUT2D eigenvalue weighted by atomic mass is 16.5. The SMILES string of the molecule is CCCCC[C@@]12CC[C@](O)(CCC)C[C@H]1CCc1cc(OCc3ccncc3)ccc12. The lowest BCUT2D eigenvalue weighted by Crippen LogP contribution is -2.50. The smallest absolute Gasteiger partial charge is 0.120 e. The van der Waals surface area contributed by atoms with Crippen molar-refractivity contribution in [2.24, 2.45) is 5.92 Å². The molecule has 1 N–H and O–H groups in total. The van der Waals surface area contributed by atoms with Crippen LogP contribution in [0.5, 0.6) is 5.75 Å². The second-order valence-corrected chi connectivity index (χ2v) is 9.99. The summed E-state index contributed by atoms with van der Waals surface area (Å²) in [5, 5.41) is 11.2. The molecule has 0 spiro atoms.